The predicted octanol–water partition coefficient (Wildman–Crippen LogP) is 1.56. The van der Waals surface area contributed by atoms with E-state index >= 15 is 0 Å². The van der Waals surface area contributed by atoms with E-state index in [1.807, 2.05) is 0 Å². The lowest BCUT2D eigenvalue weighted by molar-refractivity contribution is -0.134. The zero-order valence-corrected chi connectivity index (χ0v) is 15.7. The van der Waals surface area contributed by atoms with E-state index in [1.54, 1.807) is 0 Å². The highest BCUT2D eigenvalue weighted by molar-refractivity contribution is 5.78. The number of hydrogen-bond donors (Lipinski definition) is 4. The predicted molar refractivity (Wildman–Crippen MR) is 95.6 cm³/mol. The zero-order valence-electron chi connectivity index (χ0n) is 15.7. The summed E-state index contributed by atoms with van der Waals surface area (Å²) in [7, 11) is 0. The molecule has 3 saturated carbocycles. The zero-order chi connectivity index (χ0) is 18.1. The Morgan fingerprint density at radius 3 is 2.68 bits per heavy atom. The molecule has 1 saturated heterocycles. The molecule has 5 nitrogen and oxygen atoms in total. The topological polar surface area (TPSA) is 95.6 Å². The van der Waals surface area contributed by atoms with Gasteiger partial charge in [-0.15, -0.1) is 0 Å². The number of rotatable bonds is 3. The lowest BCUT2D eigenvalue weighted by atomic mass is 9.49. The van der Waals surface area contributed by atoms with E-state index in [9.17, 15) is 15.0 Å². The number of carbonyl (C=O) groups is 1. The van der Waals surface area contributed by atoms with Crippen molar-refractivity contribution in [2.75, 3.05) is 13.2 Å². The number of nitrogens with one attached hydrogen (secondary N) is 1. The summed E-state index contributed by atoms with van der Waals surface area (Å²) in [5.74, 6) is 0.756. The second-order valence-electron chi connectivity index (χ2n) is 9.90. The number of piperidine rings is 1. The van der Waals surface area contributed by atoms with E-state index in [-0.39, 0.29) is 46.3 Å². The van der Waals surface area contributed by atoms with E-state index in [2.05, 4.69) is 19.2 Å². The largest absolute Gasteiger partial charge is 0.396 e. The molecule has 0 aromatic rings. The van der Waals surface area contributed by atoms with Crippen LogP contribution in [0.4, 0.5) is 0 Å². The Balaban J connectivity index is 1.71. The average molecular weight is 351 g/mol. The first-order valence-electron chi connectivity index (χ1n) is 10.1. The van der Waals surface area contributed by atoms with Crippen LogP contribution in [0.2, 0.25) is 0 Å². The van der Waals surface area contributed by atoms with Crippen LogP contribution in [0.15, 0.2) is 0 Å². The van der Waals surface area contributed by atoms with Crippen molar-refractivity contribution in [3.8, 4) is 0 Å². The molecule has 142 valence electrons. The van der Waals surface area contributed by atoms with Crippen LogP contribution in [-0.2, 0) is 4.79 Å². The van der Waals surface area contributed by atoms with Crippen molar-refractivity contribution in [2.45, 2.75) is 76.9 Å². The van der Waals surface area contributed by atoms with Crippen molar-refractivity contribution in [3.05, 3.63) is 0 Å². The SMILES string of the molecule is C[C@]1([C@@]23CC[C@]4(C)NC(=O)CC[C@H]4[C@@]2(CN)C3)CC[C@H](O)C[C@@H]1CO. The van der Waals surface area contributed by atoms with Gasteiger partial charge in [0.15, 0.2) is 0 Å². The maximum Gasteiger partial charge on any atom is 0.220 e. The van der Waals surface area contributed by atoms with Crippen molar-refractivity contribution in [3.63, 3.8) is 0 Å². The molecule has 5 heteroatoms. The van der Waals surface area contributed by atoms with Gasteiger partial charge in [-0.05, 0) is 86.5 Å². The lowest BCUT2D eigenvalue weighted by Gasteiger charge is -2.58. The van der Waals surface area contributed by atoms with Gasteiger partial charge in [-0.3, -0.25) is 4.79 Å². The van der Waals surface area contributed by atoms with Crippen molar-refractivity contribution in [2.24, 2.45) is 33.8 Å². The molecule has 4 rings (SSSR count). The number of carbonyl (C=O) groups excluding carboxylic acids is 1. The van der Waals surface area contributed by atoms with E-state index in [0.717, 1.165) is 38.5 Å². The first-order valence-corrected chi connectivity index (χ1v) is 10.1. The van der Waals surface area contributed by atoms with Crippen molar-refractivity contribution < 1.29 is 15.0 Å². The van der Waals surface area contributed by atoms with Gasteiger partial charge in [-0.1, -0.05) is 6.92 Å². The molecular weight excluding hydrogens is 316 g/mol. The van der Waals surface area contributed by atoms with Crippen LogP contribution >= 0.6 is 0 Å². The number of fused-ring (bicyclic) bond motifs is 3. The highest BCUT2D eigenvalue weighted by atomic mass is 16.3. The van der Waals surface area contributed by atoms with E-state index in [0.29, 0.717) is 25.3 Å². The number of aliphatic hydroxyl groups is 2. The normalized spacial score (nSPS) is 55.1. The molecule has 0 unspecified atom stereocenters. The third kappa shape index (κ3) is 2.09. The van der Waals surface area contributed by atoms with Crippen LogP contribution < -0.4 is 11.1 Å². The van der Waals surface area contributed by atoms with Gasteiger partial charge in [0.25, 0.3) is 0 Å². The molecule has 25 heavy (non-hydrogen) atoms. The fourth-order valence-corrected chi connectivity index (χ4v) is 7.70. The van der Waals surface area contributed by atoms with Gasteiger partial charge in [0.2, 0.25) is 5.91 Å². The van der Waals surface area contributed by atoms with E-state index in [1.165, 1.54) is 0 Å². The van der Waals surface area contributed by atoms with Crippen LogP contribution in [-0.4, -0.2) is 40.9 Å². The summed E-state index contributed by atoms with van der Waals surface area (Å²) in [6.07, 6.45) is 6.95. The molecule has 0 aromatic heterocycles. The molecule has 5 N–H and O–H groups in total. The van der Waals surface area contributed by atoms with Gasteiger partial charge in [0.1, 0.15) is 0 Å². The van der Waals surface area contributed by atoms with E-state index in [4.69, 9.17) is 5.73 Å². The summed E-state index contributed by atoms with van der Waals surface area (Å²) in [4.78, 5) is 12.0. The highest BCUT2D eigenvalue weighted by Crippen LogP contribution is 2.83. The van der Waals surface area contributed by atoms with Crippen molar-refractivity contribution in [1.82, 2.24) is 5.32 Å². The molecule has 7 atom stereocenters. The summed E-state index contributed by atoms with van der Waals surface area (Å²) in [6, 6.07) is 0. The molecule has 4 aliphatic rings. The monoisotopic (exact) mass is 350 g/mol. The molecule has 0 aromatic carbocycles. The van der Waals surface area contributed by atoms with Gasteiger partial charge in [0, 0.05) is 18.6 Å². The Morgan fingerprint density at radius 1 is 1.24 bits per heavy atom. The minimum Gasteiger partial charge on any atom is -0.396 e. The maximum absolute atomic E-state index is 12.0. The highest BCUT2D eigenvalue weighted by Gasteiger charge is 2.80. The molecule has 1 aliphatic heterocycles. The minimum atomic E-state index is -0.282. The van der Waals surface area contributed by atoms with E-state index < -0.39 is 0 Å². The van der Waals surface area contributed by atoms with Gasteiger partial charge in [-0.25, -0.2) is 0 Å². The fourth-order valence-electron chi connectivity index (χ4n) is 7.70. The summed E-state index contributed by atoms with van der Waals surface area (Å²) in [5.41, 5.74) is 6.56. The Hall–Kier alpha value is -0.650. The standard InChI is InChI=1S/C20H34N2O3/c1-17(6-5-14(24)9-13(17)10-23)20-8-7-18(2)15(3-4-16(25)22-18)19(20,11-20)12-21/h13-15,23-24H,3-12,21H2,1-2H3,(H,22,25)/t13-,14+,15-,17+,18+,19+,20+/m1/s1. The first kappa shape index (κ1) is 17.7. The van der Waals surface area contributed by atoms with Gasteiger partial charge in [-0.2, -0.15) is 0 Å². The van der Waals surface area contributed by atoms with Crippen molar-refractivity contribution >= 4 is 5.91 Å². The van der Waals surface area contributed by atoms with Crippen LogP contribution in [0.3, 0.4) is 0 Å². The Morgan fingerprint density at radius 2 is 2.00 bits per heavy atom. The first-order chi connectivity index (χ1) is 11.8. The molecule has 3 aliphatic carbocycles. The van der Waals surface area contributed by atoms with Crippen molar-refractivity contribution in [1.29, 1.82) is 0 Å². The Labute approximate surface area is 150 Å². The number of aliphatic hydroxyl groups excluding tert-OH is 2. The molecule has 0 radical (unpaired) electrons. The van der Waals surface area contributed by atoms with Crippen LogP contribution in [0, 0.1) is 28.1 Å². The summed E-state index contributed by atoms with van der Waals surface area (Å²) < 4.78 is 0. The average Bonchev–Trinajstić information content (AvgIpc) is 3.28. The van der Waals surface area contributed by atoms with Gasteiger partial charge in [0.05, 0.1) is 6.10 Å². The molecule has 0 bridgehead atoms. The lowest BCUT2D eigenvalue weighted by Crippen LogP contribution is -2.63. The molecule has 4 fully saturated rings. The van der Waals surface area contributed by atoms with Crippen LogP contribution in [0.25, 0.3) is 0 Å². The second kappa shape index (κ2) is 5.43. The minimum absolute atomic E-state index is 0.0309. The molecule has 1 heterocycles. The quantitative estimate of drug-likeness (QED) is 0.621. The summed E-state index contributed by atoms with van der Waals surface area (Å²) in [5, 5.41) is 23.5. The number of nitrogens with two attached hydrogens (primary N) is 1. The second-order valence-corrected chi connectivity index (χ2v) is 9.90. The Kier molecular flexibility index (Phi) is 3.85. The maximum atomic E-state index is 12.0. The fraction of sp³-hybridized carbons (Fsp3) is 0.950. The van der Waals surface area contributed by atoms with Gasteiger partial charge < -0.3 is 21.3 Å². The van der Waals surface area contributed by atoms with Gasteiger partial charge >= 0.3 is 0 Å². The Bertz CT molecular complexity index is 583. The smallest absolute Gasteiger partial charge is 0.220 e. The van der Waals surface area contributed by atoms with Crippen LogP contribution in [0.1, 0.15) is 65.2 Å². The summed E-state index contributed by atoms with van der Waals surface area (Å²) in [6.45, 7) is 5.38. The number of hydrogen-bond acceptors (Lipinski definition) is 4. The number of amides is 1. The molecule has 0 spiro atoms. The molecule has 1 amide bonds. The third-order valence-electron chi connectivity index (χ3n) is 9.17. The van der Waals surface area contributed by atoms with Crippen LogP contribution in [0.5, 0.6) is 0 Å². The summed E-state index contributed by atoms with van der Waals surface area (Å²) >= 11 is 0. The third-order valence-corrected chi connectivity index (χ3v) is 9.17. The molecular formula is C20H34N2O3.